The Morgan fingerprint density at radius 3 is 2.85 bits per heavy atom. The molecule has 1 N–H and O–H groups in total. The molecule has 5 nitrogen and oxygen atoms in total. The van der Waals surface area contributed by atoms with E-state index in [9.17, 15) is 0 Å². The fraction of sp³-hybridized carbons (Fsp3) is 0.467. The van der Waals surface area contributed by atoms with Gasteiger partial charge >= 0.3 is 0 Å². The summed E-state index contributed by atoms with van der Waals surface area (Å²) in [6.45, 7) is 8.75. The van der Waals surface area contributed by atoms with Crippen LogP contribution in [0.2, 0.25) is 0 Å². The molecule has 0 spiro atoms. The van der Waals surface area contributed by atoms with Crippen LogP contribution in [0.15, 0.2) is 24.7 Å². The predicted molar refractivity (Wildman–Crippen MR) is 78.9 cm³/mol. The molecule has 20 heavy (non-hydrogen) atoms. The number of aromatic nitrogens is 3. The van der Waals surface area contributed by atoms with Gasteiger partial charge in [-0.05, 0) is 26.8 Å². The molecule has 2 rings (SSSR count). The first-order valence-corrected chi connectivity index (χ1v) is 7.09. The van der Waals surface area contributed by atoms with E-state index in [4.69, 9.17) is 4.74 Å². The molecule has 0 amide bonds. The van der Waals surface area contributed by atoms with Crippen molar-refractivity contribution >= 4 is 0 Å². The average molecular weight is 274 g/mol. The number of rotatable bonds is 7. The van der Waals surface area contributed by atoms with Crippen molar-refractivity contribution in [3.8, 4) is 11.5 Å². The first-order chi connectivity index (χ1) is 9.72. The summed E-state index contributed by atoms with van der Waals surface area (Å²) in [6.07, 6.45) is 6.62. The molecule has 0 saturated carbocycles. The SMILES string of the molecule is CCCNCc1cnc(C)cc1Oc1cnn(CC)c1. The number of nitrogens with one attached hydrogen (secondary N) is 1. The zero-order valence-electron chi connectivity index (χ0n) is 12.4. The number of pyridine rings is 1. The van der Waals surface area contributed by atoms with Crippen LogP contribution in [0.1, 0.15) is 31.5 Å². The number of hydrogen-bond donors (Lipinski definition) is 1. The molecule has 5 heteroatoms. The Labute approximate surface area is 120 Å². The van der Waals surface area contributed by atoms with Crippen LogP contribution < -0.4 is 10.1 Å². The third kappa shape index (κ3) is 3.81. The third-order valence-corrected chi connectivity index (χ3v) is 2.98. The largest absolute Gasteiger partial charge is 0.454 e. The van der Waals surface area contributed by atoms with Gasteiger partial charge in [-0.25, -0.2) is 0 Å². The number of nitrogens with zero attached hydrogens (tertiary/aromatic N) is 3. The van der Waals surface area contributed by atoms with Crippen molar-refractivity contribution in [1.29, 1.82) is 0 Å². The van der Waals surface area contributed by atoms with Gasteiger partial charge in [0.25, 0.3) is 0 Å². The van der Waals surface area contributed by atoms with Crippen LogP contribution in [0.3, 0.4) is 0 Å². The van der Waals surface area contributed by atoms with Crippen LogP contribution in [-0.2, 0) is 13.1 Å². The lowest BCUT2D eigenvalue weighted by Gasteiger charge is -2.11. The maximum atomic E-state index is 5.94. The molecule has 0 unspecified atom stereocenters. The van der Waals surface area contributed by atoms with E-state index in [-0.39, 0.29) is 0 Å². The first kappa shape index (κ1) is 14.5. The smallest absolute Gasteiger partial charge is 0.165 e. The molecule has 2 aromatic heterocycles. The third-order valence-electron chi connectivity index (χ3n) is 2.98. The Morgan fingerprint density at radius 1 is 1.30 bits per heavy atom. The first-order valence-electron chi connectivity index (χ1n) is 7.09. The average Bonchev–Trinajstić information content (AvgIpc) is 2.89. The van der Waals surface area contributed by atoms with Crippen LogP contribution >= 0.6 is 0 Å². The number of ether oxygens (including phenoxy) is 1. The molecule has 0 radical (unpaired) electrons. The fourth-order valence-electron chi connectivity index (χ4n) is 1.89. The van der Waals surface area contributed by atoms with Crippen LogP contribution in [0.4, 0.5) is 0 Å². The van der Waals surface area contributed by atoms with Crippen molar-refractivity contribution in [3.05, 3.63) is 35.9 Å². The van der Waals surface area contributed by atoms with E-state index in [0.717, 1.165) is 48.8 Å². The van der Waals surface area contributed by atoms with Crippen LogP contribution in [0, 0.1) is 6.92 Å². The number of aryl methyl sites for hydroxylation is 2. The summed E-state index contributed by atoms with van der Waals surface area (Å²) < 4.78 is 7.79. The van der Waals surface area contributed by atoms with Gasteiger partial charge in [0.05, 0.1) is 12.4 Å². The minimum atomic E-state index is 0.759. The summed E-state index contributed by atoms with van der Waals surface area (Å²) >= 11 is 0. The molecule has 0 aliphatic rings. The lowest BCUT2D eigenvalue weighted by Crippen LogP contribution is -2.14. The molecule has 0 aromatic carbocycles. The quantitative estimate of drug-likeness (QED) is 0.789. The van der Waals surface area contributed by atoms with Gasteiger partial charge in [0.15, 0.2) is 5.75 Å². The Morgan fingerprint density at radius 2 is 2.15 bits per heavy atom. The summed E-state index contributed by atoms with van der Waals surface area (Å²) in [5, 5.41) is 7.59. The van der Waals surface area contributed by atoms with Crippen LogP contribution in [-0.4, -0.2) is 21.3 Å². The standard InChI is InChI=1S/C15H22N4O/c1-4-6-16-8-13-9-17-12(3)7-15(13)20-14-10-18-19(5-2)11-14/h7,9-11,16H,4-6,8H2,1-3H3. The van der Waals surface area contributed by atoms with Crippen molar-refractivity contribution in [2.45, 2.75) is 40.3 Å². The highest BCUT2D eigenvalue weighted by atomic mass is 16.5. The van der Waals surface area contributed by atoms with E-state index in [1.54, 1.807) is 6.20 Å². The molecule has 0 saturated heterocycles. The van der Waals surface area contributed by atoms with Gasteiger partial charge in [0.1, 0.15) is 5.75 Å². The van der Waals surface area contributed by atoms with Crippen LogP contribution in [0.25, 0.3) is 0 Å². The maximum absolute atomic E-state index is 5.94. The van der Waals surface area contributed by atoms with Crippen LogP contribution in [0.5, 0.6) is 11.5 Å². The van der Waals surface area contributed by atoms with Gasteiger partial charge in [-0.1, -0.05) is 6.92 Å². The van der Waals surface area contributed by atoms with Gasteiger partial charge in [-0.15, -0.1) is 0 Å². The highest BCUT2D eigenvalue weighted by Gasteiger charge is 2.08. The Hall–Kier alpha value is -1.88. The lowest BCUT2D eigenvalue weighted by molar-refractivity contribution is 0.469. The molecule has 0 bridgehead atoms. The maximum Gasteiger partial charge on any atom is 0.165 e. The molecule has 0 aliphatic carbocycles. The van der Waals surface area contributed by atoms with E-state index in [1.807, 2.05) is 37.0 Å². The summed E-state index contributed by atoms with van der Waals surface area (Å²) in [4.78, 5) is 4.34. The summed E-state index contributed by atoms with van der Waals surface area (Å²) in [6, 6.07) is 1.96. The molecule has 108 valence electrons. The second-order valence-electron chi connectivity index (χ2n) is 4.74. The Kier molecular flexibility index (Phi) is 5.12. The van der Waals surface area contributed by atoms with E-state index >= 15 is 0 Å². The second-order valence-corrected chi connectivity index (χ2v) is 4.74. The van der Waals surface area contributed by atoms with Crippen molar-refractivity contribution in [3.63, 3.8) is 0 Å². The van der Waals surface area contributed by atoms with E-state index in [0.29, 0.717) is 0 Å². The topological polar surface area (TPSA) is 52.0 Å². The van der Waals surface area contributed by atoms with Gasteiger partial charge < -0.3 is 10.1 Å². The van der Waals surface area contributed by atoms with Crippen molar-refractivity contribution in [2.24, 2.45) is 0 Å². The summed E-state index contributed by atoms with van der Waals surface area (Å²) in [5.74, 6) is 1.60. The molecule has 2 aromatic rings. The van der Waals surface area contributed by atoms with E-state index < -0.39 is 0 Å². The van der Waals surface area contributed by atoms with Crippen molar-refractivity contribution in [2.75, 3.05) is 6.54 Å². The van der Waals surface area contributed by atoms with Gasteiger partial charge in [-0.3, -0.25) is 9.67 Å². The highest BCUT2D eigenvalue weighted by molar-refractivity contribution is 5.36. The van der Waals surface area contributed by atoms with Crippen molar-refractivity contribution < 1.29 is 4.74 Å². The zero-order chi connectivity index (χ0) is 14.4. The lowest BCUT2D eigenvalue weighted by atomic mass is 10.2. The highest BCUT2D eigenvalue weighted by Crippen LogP contribution is 2.25. The minimum absolute atomic E-state index is 0.759. The molecule has 0 fully saturated rings. The van der Waals surface area contributed by atoms with E-state index in [2.05, 4.69) is 22.3 Å². The van der Waals surface area contributed by atoms with Crippen molar-refractivity contribution in [1.82, 2.24) is 20.1 Å². The van der Waals surface area contributed by atoms with E-state index in [1.165, 1.54) is 0 Å². The minimum Gasteiger partial charge on any atom is -0.454 e. The Bertz CT molecular complexity index is 551. The monoisotopic (exact) mass is 274 g/mol. The van der Waals surface area contributed by atoms with Gasteiger partial charge in [-0.2, -0.15) is 5.10 Å². The summed E-state index contributed by atoms with van der Waals surface area (Å²) in [5.41, 5.74) is 2.01. The molecule has 2 heterocycles. The summed E-state index contributed by atoms with van der Waals surface area (Å²) in [7, 11) is 0. The molecule has 0 atom stereocenters. The molecular weight excluding hydrogens is 252 g/mol. The molecular formula is C15H22N4O. The zero-order valence-corrected chi connectivity index (χ0v) is 12.4. The molecule has 0 aliphatic heterocycles. The second kappa shape index (κ2) is 7.05. The van der Waals surface area contributed by atoms with Gasteiger partial charge in [0.2, 0.25) is 0 Å². The fourth-order valence-corrected chi connectivity index (χ4v) is 1.89. The predicted octanol–water partition coefficient (Wildman–Crippen LogP) is 2.90. The number of hydrogen-bond acceptors (Lipinski definition) is 4. The van der Waals surface area contributed by atoms with Gasteiger partial charge in [0, 0.05) is 36.6 Å². The Balaban J connectivity index is 2.13. The normalized spacial score (nSPS) is 10.8.